The molecule has 0 aromatic heterocycles. The van der Waals surface area contributed by atoms with E-state index in [2.05, 4.69) is 29.3 Å². The molecule has 5 nitrogen and oxygen atoms in total. The third-order valence-corrected chi connectivity index (χ3v) is 3.94. The molecule has 140 valence electrons. The van der Waals surface area contributed by atoms with Gasteiger partial charge in [-0.3, -0.25) is 4.79 Å². The zero-order valence-corrected chi connectivity index (χ0v) is 15.6. The second-order valence-corrected chi connectivity index (χ2v) is 5.79. The van der Waals surface area contributed by atoms with Gasteiger partial charge < -0.3 is 19.7 Å². The molecule has 26 heavy (non-hydrogen) atoms. The van der Waals surface area contributed by atoms with Crippen LogP contribution in [0.1, 0.15) is 20.3 Å². The number of nitrogens with one attached hydrogen (secondary N) is 1. The van der Waals surface area contributed by atoms with Crippen LogP contribution in [0.25, 0.3) is 0 Å². The summed E-state index contributed by atoms with van der Waals surface area (Å²) in [6, 6.07) is 17.7. The highest BCUT2D eigenvalue weighted by molar-refractivity contribution is 5.77. The first-order valence-electron chi connectivity index (χ1n) is 9.16. The van der Waals surface area contributed by atoms with Gasteiger partial charge >= 0.3 is 0 Å². The summed E-state index contributed by atoms with van der Waals surface area (Å²) in [5, 5.41) is 2.90. The van der Waals surface area contributed by atoms with Gasteiger partial charge in [0.25, 0.3) is 5.91 Å². The highest BCUT2D eigenvalue weighted by Gasteiger charge is 2.08. The fourth-order valence-corrected chi connectivity index (χ4v) is 2.64. The molecule has 0 saturated carbocycles. The van der Waals surface area contributed by atoms with E-state index in [1.165, 1.54) is 5.69 Å². The van der Waals surface area contributed by atoms with Gasteiger partial charge in [0.2, 0.25) is 0 Å². The molecule has 0 aliphatic rings. The minimum absolute atomic E-state index is 0.0136. The SMILES string of the molecule is CCOc1ccccc1OCC(=O)NCCCN(CC)c1ccccc1. The zero-order chi connectivity index (χ0) is 18.6. The number of benzene rings is 2. The van der Waals surface area contributed by atoms with Crippen molar-refractivity contribution in [3.8, 4) is 11.5 Å². The van der Waals surface area contributed by atoms with Crippen LogP contribution in [0, 0.1) is 0 Å². The molecule has 5 heteroatoms. The molecule has 0 fully saturated rings. The monoisotopic (exact) mass is 356 g/mol. The maximum Gasteiger partial charge on any atom is 0.257 e. The van der Waals surface area contributed by atoms with Gasteiger partial charge in [0, 0.05) is 25.3 Å². The topological polar surface area (TPSA) is 50.8 Å². The van der Waals surface area contributed by atoms with E-state index < -0.39 is 0 Å². The van der Waals surface area contributed by atoms with Gasteiger partial charge in [-0.1, -0.05) is 30.3 Å². The van der Waals surface area contributed by atoms with E-state index in [4.69, 9.17) is 9.47 Å². The molecule has 1 amide bonds. The van der Waals surface area contributed by atoms with Gasteiger partial charge in [-0.2, -0.15) is 0 Å². The van der Waals surface area contributed by atoms with E-state index in [9.17, 15) is 4.79 Å². The lowest BCUT2D eigenvalue weighted by Crippen LogP contribution is -2.32. The van der Waals surface area contributed by atoms with Crippen molar-refractivity contribution in [1.82, 2.24) is 5.32 Å². The second kappa shape index (κ2) is 11.0. The molecule has 2 aromatic rings. The fourth-order valence-electron chi connectivity index (χ4n) is 2.64. The van der Waals surface area contributed by atoms with Crippen LogP contribution in [0.4, 0.5) is 5.69 Å². The van der Waals surface area contributed by atoms with Gasteiger partial charge in [0.05, 0.1) is 6.61 Å². The lowest BCUT2D eigenvalue weighted by Gasteiger charge is -2.23. The van der Waals surface area contributed by atoms with Crippen LogP contribution < -0.4 is 19.7 Å². The molecule has 0 aliphatic carbocycles. The normalized spacial score (nSPS) is 10.2. The molecular weight excluding hydrogens is 328 g/mol. The van der Waals surface area contributed by atoms with Crippen LogP contribution >= 0.6 is 0 Å². The van der Waals surface area contributed by atoms with E-state index >= 15 is 0 Å². The quantitative estimate of drug-likeness (QED) is 0.626. The number of nitrogens with zero attached hydrogens (tertiary/aromatic N) is 1. The lowest BCUT2D eigenvalue weighted by atomic mass is 10.2. The Balaban J connectivity index is 1.69. The van der Waals surface area contributed by atoms with Crippen LogP contribution in [0.5, 0.6) is 11.5 Å². The summed E-state index contributed by atoms with van der Waals surface area (Å²) >= 11 is 0. The van der Waals surface area contributed by atoms with E-state index in [0.29, 0.717) is 24.7 Å². The lowest BCUT2D eigenvalue weighted by molar-refractivity contribution is -0.123. The number of rotatable bonds is 11. The van der Waals surface area contributed by atoms with E-state index in [1.807, 2.05) is 43.3 Å². The van der Waals surface area contributed by atoms with Crippen molar-refractivity contribution in [2.45, 2.75) is 20.3 Å². The van der Waals surface area contributed by atoms with Crippen LogP contribution in [-0.2, 0) is 4.79 Å². The zero-order valence-electron chi connectivity index (χ0n) is 15.6. The Kier molecular flexibility index (Phi) is 8.33. The second-order valence-electron chi connectivity index (χ2n) is 5.79. The van der Waals surface area contributed by atoms with Crippen molar-refractivity contribution in [2.75, 3.05) is 37.7 Å². The van der Waals surface area contributed by atoms with Gasteiger partial charge in [-0.15, -0.1) is 0 Å². The smallest absolute Gasteiger partial charge is 0.257 e. The highest BCUT2D eigenvalue weighted by Crippen LogP contribution is 2.26. The first-order valence-corrected chi connectivity index (χ1v) is 9.16. The summed E-state index contributed by atoms with van der Waals surface area (Å²) in [5.74, 6) is 1.12. The van der Waals surface area contributed by atoms with Crippen molar-refractivity contribution in [2.24, 2.45) is 0 Å². The summed E-state index contributed by atoms with van der Waals surface area (Å²) in [4.78, 5) is 14.3. The molecule has 0 heterocycles. The third kappa shape index (κ3) is 6.31. The molecule has 0 spiro atoms. The van der Waals surface area contributed by atoms with E-state index in [1.54, 1.807) is 6.07 Å². The van der Waals surface area contributed by atoms with Crippen molar-refractivity contribution in [3.05, 3.63) is 54.6 Å². The highest BCUT2D eigenvalue weighted by atomic mass is 16.5. The predicted octanol–water partition coefficient (Wildman–Crippen LogP) is 3.50. The molecule has 0 radical (unpaired) electrons. The van der Waals surface area contributed by atoms with Crippen molar-refractivity contribution >= 4 is 11.6 Å². The van der Waals surface area contributed by atoms with E-state index in [-0.39, 0.29) is 12.5 Å². The fraction of sp³-hybridized carbons (Fsp3) is 0.381. The summed E-state index contributed by atoms with van der Waals surface area (Å²) in [7, 11) is 0. The average Bonchev–Trinajstić information content (AvgIpc) is 2.68. The number of carbonyl (C=O) groups is 1. The number of amides is 1. The van der Waals surface area contributed by atoms with Crippen molar-refractivity contribution in [1.29, 1.82) is 0 Å². The van der Waals surface area contributed by atoms with Crippen LogP contribution in [0.2, 0.25) is 0 Å². The summed E-state index contributed by atoms with van der Waals surface area (Å²) < 4.78 is 11.1. The number of ether oxygens (including phenoxy) is 2. The van der Waals surface area contributed by atoms with Crippen molar-refractivity contribution in [3.63, 3.8) is 0 Å². The molecule has 0 saturated heterocycles. The summed E-state index contributed by atoms with van der Waals surface area (Å²) in [6.07, 6.45) is 0.879. The summed E-state index contributed by atoms with van der Waals surface area (Å²) in [6.45, 7) is 7.05. The molecule has 0 bridgehead atoms. The predicted molar refractivity (Wildman–Crippen MR) is 105 cm³/mol. The Morgan fingerprint density at radius 1 is 0.962 bits per heavy atom. The Labute approximate surface area is 155 Å². The first-order chi connectivity index (χ1) is 12.7. The summed E-state index contributed by atoms with van der Waals surface area (Å²) in [5.41, 5.74) is 1.21. The maximum atomic E-state index is 12.0. The molecule has 0 unspecified atom stereocenters. The van der Waals surface area contributed by atoms with Crippen molar-refractivity contribution < 1.29 is 14.3 Å². The number of anilines is 1. The standard InChI is InChI=1S/C21H28N2O3/c1-3-23(18-11-6-5-7-12-18)16-10-15-22-21(24)17-26-20-14-9-8-13-19(20)25-4-2/h5-9,11-14H,3-4,10,15-17H2,1-2H3,(H,22,24). The Morgan fingerprint density at radius 2 is 1.62 bits per heavy atom. The minimum atomic E-state index is -0.126. The molecule has 1 N–H and O–H groups in total. The maximum absolute atomic E-state index is 12.0. The average molecular weight is 356 g/mol. The Morgan fingerprint density at radius 3 is 2.27 bits per heavy atom. The minimum Gasteiger partial charge on any atom is -0.490 e. The number of carbonyl (C=O) groups excluding carboxylic acids is 1. The van der Waals surface area contributed by atoms with Crippen LogP contribution in [0.3, 0.4) is 0 Å². The van der Waals surface area contributed by atoms with Crippen LogP contribution in [0.15, 0.2) is 54.6 Å². The number of hydrogen-bond acceptors (Lipinski definition) is 4. The molecule has 0 atom stereocenters. The largest absolute Gasteiger partial charge is 0.490 e. The Hall–Kier alpha value is -2.69. The van der Waals surface area contributed by atoms with Crippen LogP contribution in [-0.4, -0.2) is 38.8 Å². The van der Waals surface area contributed by atoms with Gasteiger partial charge in [0.15, 0.2) is 18.1 Å². The molecule has 2 aromatic carbocycles. The van der Waals surface area contributed by atoms with E-state index in [0.717, 1.165) is 19.5 Å². The third-order valence-electron chi connectivity index (χ3n) is 3.94. The Bertz CT molecular complexity index is 661. The molecular formula is C21H28N2O3. The van der Waals surface area contributed by atoms with Gasteiger partial charge in [0.1, 0.15) is 0 Å². The number of para-hydroxylation sites is 3. The number of hydrogen-bond donors (Lipinski definition) is 1. The van der Waals surface area contributed by atoms with Gasteiger partial charge in [-0.05, 0) is 44.5 Å². The molecule has 2 rings (SSSR count). The molecule has 0 aliphatic heterocycles. The van der Waals surface area contributed by atoms with Gasteiger partial charge in [-0.25, -0.2) is 0 Å². The first kappa shape index (κ1) is 19.6.